The number of hydrogen-bond acceptors (Lipinski definition) is 5. The minimum atomic E-state index is -0.259. The highest BCUT2D eigenvalue weighted by atomic mass is 32.2. The molecule has 1 aromatic carbocycles. The fourth-order valence-electron chi connectivity index (χ4n) is 2.76. The van der Waals surface area contributed by atoms with E-state index in [-0.39, 0.29) is 6.03 Å². The van der Waals surface area contributed by atoms with Crippen molar-refractivity contribution in [3.63, 3.8) is 0 Å². The van der Waals surface area contributed by atoms with Crippen LogP contribution in [0, 0.1) is 0 Å². The molecule has 4 aromatic rings. The number of aromatic nitrogens is 4. The monoisotopic (exact) mass is 416 g/mol. The Balaban J connectivity index is 1.26. The minimum Gasteiger partial charge on any atom is -0.338 e. The molecule has 3 aromatic heterocycles. The van der Waals surface area contributed by atoms with E-state index in [4.69, 9.17) is 0 Å². The third-order valence-corrected chi connectivity index (χ3v) is 5.08. The van der Waals surface area contributed by atoms with Gasteiger partial charge in [-0.1, -0.05) is 36.0 Å². The second-order valence-electron chi connectivity index (χ2n) is 6.41. The summed E-state index contributed by atoms with van der Waals surface area (Å²) in [5, 5.41) is 11.7. The Bertz CT molecular complexity index is 1100. The number of nitrogens with zero attached hydrogens (tertiary/aromatic N) is 4. The quantitative estimate of drug-likeness (QED) is 0.472. The molecular formula is C22H20N6OS. The van der Waals surface area contributed by atoms with Gasteiger partial charge in [-0.3, -0.25) is 0 Å². The van der Waals surface area contributed by atoms with E-state index in [0.29, 0.717) is 18.7 Å². The normalized spacial score (nSPS) is 10.5. The molecule has 0 fully saturated rings. The van der Waals surface area contributed by atoms with Crippen molar-refractivity contribution < 1.29 is 4.79 Å². The summed E-state index contributed by atoms with van der Waals surface area (Å²) >= 11 is 1.44. The molecule has 30 heavy (non-hydrogen) atoms. The number of amides is 2. The molecule has 0 saturated carbocycles. The summed E-state index contributed by atoms with van der Waals surface area (Å²) in [6, 6.07) is 18.9. The van der Waals surface area contributed by atoms with Crippen LogP contribution in [-0.2, 0) is 6.42 Å². The molecule has 8 heteroatoms. The van der Waals surface area contributed by atoms with Gasteiger partial charge < -0.3 is 10.6 Å². The van der Waals surface area contributed by atoms with Crippen LogP contribution < -0.4 is 10.6 Å². The molecule has 0 saturated heterocycles. The fourth-order valence-corrected chi connectivity index (χ4v) is 3.54. The number of nitrogens with one attached hydrogen (secondary N) is 2. The lowest BCUT2D eigenvalue weighted by molar-refractivity contribution is 0.252. The molecule has 7 nitrogen and oxygen atoms in total. The van der Waals surface area contributed by atoms with Crippen molar-refractivity contribution >= 4 is 23.5 Å². The van der Waals surface area contributed by atoms with Crippen molar-refractivity contribution in [1.82, 2.24) is 25.1 Å². The largest absolute Gasteiger partial charge is 0.338 e. The van der Waals surface area contributed by atoms with Gasteiger partial charge in [-0.25, -0.2) is 19.4 Å². The summed E-state index contributed by atoms with van der Waals surface area (Å²) in [6.45, 7) is 0.507. The van der Waals surface area contributed by atoms with Crippen LogP contribution in [0.4, 0.5) is 10.5 Å². The molecule has 0 aliphatic heterocycles. The lowest BCUT2D eigenvalue weighted by Gasteiger charge is -2.08. The maximum absolute atomic E-state index is 12.2. The number of urea groups is 1. The van der Waals surface area contributed by atoms with Crippen LogP contribution >= 0.6 is 11.8 Å². The molecule has 3 heterocycles. The van der Waals surface area contributed by atoms with Gasteiger partial charge in [0.2, 0.25) is 0 Å². The van der Waals surface area contributed by atoms with Gasteiger partial charge in [0.15, 0.2) is 0 Å². The third kappa shape index (κ3) is 5.45. The van der Waals surface area contributed by atoms with E-state index in [9.17, 15) is 4.79 Å². The molecule has 0 radical (unpaired) electrons. The first-order valence-electron chi connectivity index (χ1n) is 9.45. The number of carbonyl (C=O) groups is 1. The standard InChI is InChI=1S/C22H20N6OS/c29-22(25-12-9-17-15-26-28(16-17)19-6-2-1-3-7-19)27-18-10-13-24-21(14-18)30-20-8-4-5-11-23-20/h1-8,10-11,13-16H,9,12H2,(H2,24,25,27,29). The zero-order valence-corrected chi connectivity index (χ0v) is 16.9. The Morgan fingerprint density at radius 3 is 2.63 bits per heavy atom. The van der Waals surface area contributed by atoms with E-state index in [2.05, 4.69) is 25.7 Å². The van der Waals surface area contributed by atoms with Crippen molar-refractivity contribution in [2.45, 2.75) is 16.5 Å². The highest BCUT2D eigenvalue weighted by Crippen LogP contribution is 2.25. The lowest BCUT2D eigenvalue weighted by Crippen LogP contribution is -2.30. The van der Waals surface area contributed by atoms with Crippen LogP contribution in [0.5, 0.6) is 0 Å². The molecular weight excluding hydrogens is 396 g/mol. The summed E-state index contributed by atoms with van der Waals surface area (Å²) < 4.78 is 1.83. The second-order valence-corrected chi connectivity index (χ2v) is 7.45. The first-order chi connectivity index (χ1) is 14.8. The zero-order valence-electron chi connectivity index (χ0n) is 16.1. The summed E-state index contributed by atoms with van der Waals surface area (Å²) in [4.78, 5) is 20.8. The molecule has 2 N–H and O–H groups in total. The number of rotatable bonds is 7. The number of anilines is 1. The topological polar surface area (TPSA) is 84.7 Å². The van der Waals surface area contributed by atoms with Crippen LogP contribution in [0.15, 0.2) is 95.5 Å². The Labute approximate surface area is 178 Å². The highest BCUT2D eigenvalue weighted by molar-refractivity contribution is 7.99. The summed E-state index contributed by atoms with van der Waals surface area (Å²) in [7, 11) is 0. The van der Waals surface area contributed by atoms with Gasteiger partial charge in [-0.2, -0.15) is 5.10 Å². The smallest absolute Gasteiger partial charge is 0.319 e. The Morgan fingerprint density at radius 1 is 0.967 bits per heavy atom. The van der Waals surface area contributed by atoms with E-state index in [0.717, 1.165) is 21.3 Å². The van der Waals surface area contributed by atoms with Gasteiger partial charge in [0.05, 0.1) is 11.9 Å². The van der Waals surface area contributed by atoms with Crippen molar-refractivity contribution in [1.29, 1.82) is 0 Å². The number of hydrogen-bond donors (Lipinski definition) is 2. The Kier molecular flexibility index (Phi) is 6.36. The fraction of sp³-hybridized carbons (Fsp3) is 0.0909. The van der Waals surface area contributed by atoms with E-state index < -0.39 is 0 Å². The molecule has 0 aliphatic carbocycles. The summed E-state index contributed by atoms with van der Waals surface area (Å²) in [5.74, 6) is 0. The predicted octanol–water partition coefficient (Wildman–Crippen LogP) is 4.18. The van der Waals surface area contributed by atoms with E-state index >= 15 is 0 Å². The van der Waals surface area contributed by atoms with Crippen molar-refractivity contribution in [2.24, 2.45) is 0 Å². The summed E-state index contributed by atoms with van der Waals surface area (Å²) in [5.41, 5.74) is 2.74. The van der Waals surface area contributed by atoms with E-state index in [1.54, 1.807) is 18.5 Å². The van der Waals surface area contributed by atoms with Gasteiger partial charge in [-0.15, -0.1) is 0 Å². The number of para-hydroxylation sites is 1. The molecule has 0 bridgehead atoms. The second kappa shape index (κ2) is 9.71. The highest BCUT2D eigenvalue weighted by Gasteiger charge is 2.06. The average molecular weight is 417 g/mol. The zero-order chi connectivity index (χ0) is 20.6. The minimum absolute atomic E-state index is 0.259. The first-order valence-corrected chi connectivity index (χ1v) is 10.3. The van der Waals surface area contributed by atoms with Gasteiger partial charge in [0.25, 0.3) is 0 Å². The predicted molar refractivity (Wildman–Crippen MR) is 117 cm³/mol. The van der Waals surface area contributed by atoms with E-state index in [1.807, 2.05) is 71.7 Å². The first kappa shape index (κ1) is 19.7. The number of pyridine rings is 2. The molecule has 150 valence electrons. The Hall–Kier alpha value is -3.65. The van der Waals surface area contributed by atoms with Gasteiger partial charge in [0, 0.05) is 30.8 Å². The molecule has 0 atom stereocenters. The van der Waals surface area contributed by atoms with Crippen molar-refractivity contribution in [2.75, 3.05) is 11.9 Å². The maximum Gasteiger partial charge on any atom is 0.319 e. The van der Waals surface area contributed by atoms with Gasteiger partial charge in [0.1, 0.15) is 10.1 Å². The van der Waals surface area contributed by atoms with Crippen LogP contribution in [0.25, 0.3) is 5.69 Å². The molecule has 0 spiro atoms. The van der Waals surface area contributed by atoms with Crippen molar-refractivity contribution in [3.8, 4) is 5.69 Å². The van der Waals surface area contributed by atoms with Crippen molar-refractivity contribution in [3.05, 3.63) is 91.0 Å². The van der Waals surface area contributed by atoms with Crippen LogP contribution in [0.3, 0.4) is 0 Å². The summed E-state index contributed by atoms with van der Waals surface area (Å²) in [6.07, 6.45) is 7.88. The molecule has 2 amide bonds. The molecule has 0 unspecified atom stereocenters. The van der Waals surface area contributed by atoms with Crippen LogP contribution in [0.1, 0.15) is 5.56 Å². The molecule has 0 aliphatic rings. The average Bonchev–Trinajstić information content (AvgIpc) is 3.24. The SMILES string of the molecule is O=C(NCCc1cnn(-c2ccccc2)c1)Nc1ccnc(Sc2ccccn2)c1. The van der Waals surface area contributed by atoms with E-state index in [1.165, 1.54) is 11.8 Å². The Morgan fingerprint density at radius 2 is 1.80 bits per heavy atom. The maximum atomic E-state index is 12.2. The van der Waals surface area contributed by atoms with Gasteiger partial charge >= 0.3 is 6.03 Å². The lowest BCUT2D eigenvalue weighted by atomic mass is 10.2. The van der Waals surface area contributed by atoms with Crippen LogP contribution in [0.2, 0.25) is 0 Å². The number of benzene rings is 1. The van der Waals surface area contributed by atoms with Gasteiger partial charge in [-0.05, 0) is 48.4 Å². The molecule has 4 rings (SSSR count). The third-order valence-electron chi connectivity index (χ3n) is 4.20. The van der Waals surface area contributed by atoms with Crippen LogP contribution in [-0.4, -0.2) is 32.3 Å². The number of carbonyl (C=O) groups excluding carboxylic acids is 1.